The third-order valence-corrected chi connectivity index (χ3v) is 4.55. The molecule has 114 valence electrons. The predicted molar refractivity (Wildman–Crippen MR) is 83.6 cm³/mol. The number of hydrogen-bond donors (Lipinski definition) is 1. The van der Waals surface area contributed by atoms with Gasteiger partial charge in [-0.15, -0.1) is 0 Å². The number of fused-ring (bicyclic) bond motifs is 1. The fourth-order valence-electron chi connectivity index (χ4n) is 3.49. The van der Waals surface area contributed by atoms with Gasteiger partial charge in [0, 0.05) is 44.0 Å². The predicted octanol–water partition coefficient (Wildman–Crippen LogP) is 1.74. The maximum Gasteiger partial charge on any atom is 0.254 e. The Morgan fingerprint density at radius 2 is 2.10 bits per heavy atom. The topological polar surface area (TPSA) is 48.5 Å². The van der Waals surface area contributed by atoms with E-state index in [1.165, 1.54) is 19.4 Å². The molecule has 0 aliphatic carbocycles. The van der Waals surface area contributed by atoms with E-state index in [4.69, 9.17) is 0 Å². The maximum absolute atomic E-state index is 12.8. The molecule has 5 heteroatoms. The number of carbonyl (C=O) groups excluding carboxylic acids is 1. The summed E-state index contributed by atoms with van der Waals surface area (Å²) in [5.74, 6) is 0.904. The van der Waals surface area contributed by atoms with E-state index in [9.17, 15) is 4.79 Å². The Morgan fingerprint density at radius 1 is 1.29 bits per heavy atom. The lowest BCUT2D eigenvalue weighted by molar-refractivity contribution is 0.0743. The first kappa shape index (κ1) is 14.3. The van der Waals surface area contributed by atoms with Crippen LogP contribution in [0.1, 0.15) is 35.3 Å². The van der Waals surface area contributed by atoms with Gasteiger partial charge in [-0.05, 0) is 44.9 Å². The van der Waals surface area contributed by atoms with Crippen molar-refractivity contribution >= 4 is 11.7 Å². The molecule has 1 atom stereocenters. The second-order valence-electron chi connectivity index (χ2n) is 6.07. The van der Waals surface area contributed by atoms with Crippen LogP contribution in [-0.2, 0) is 0 Å². The lowest BCUT2D eigenvalue weighted by Crippen LogP contribution is -2.39. The van der Waals surface area contributed by atoms with Gasteiger partial charge in [-0.3, -0.25) is 9.69 Å². The van der Waals surface area contributed by atoms with Crippen LogP contribution >= 0.6 is 0 Å². The Hall–Kier alpha value is -1.62. The van der Waals surface area contributed by atoms with Gasteiger partial charge < -0.3 is 10.2 Å². The van der Waals surface area contributed by atoms with Gasteiger partial charge >= 0.3 is 0 Å². The molecule has 3 rings (SSSR count). The molecule has 3 heterocycles. The molecule has 2 fully saturated rings. The van der Waals surface area contributed by atoms with Gasteiger partial charge in [-0.25, -0.2) is 4.98 Å². The Kier molecular flexibility index (Phi) is 4.10. The zero-order chi connectivity index (χ0) is 14.8. The average molecular weight is 288 g/mol. The van der Waals surface area contributed by atoms with Crippen molar-refractivity contribution in [2.45, 2.75) is 32.2 Å². The molecule has 2 aliphatic heterocycles. The number of pyridine rings is 1. The van der Waals surface area contributed by atoms with Crippen LogP contribution in [0, 0.1) is 6.92 Å². The van der Waals surface area contributed by atoms with Crippen LogP contribution in [0.4, 0.5) is 5.82 Å². The smallest absolute Gasteiger partial charge is 0.254 e. The maximum atomic E-state index is 12.8. The minimum Gasteiger partial charge on any atom is -0.373 e. The highest BCUT2D eigenvalue weighted by Crippen LogP contribution is 2.22. The van der Waals surface area contributed by atoms with Crippen LogP contribution in [0.2, 0.25) is 0 Å². The van der Waals surface area contributed by atoms with Crippen molar-refractivity contribution in [3.8, 4) is 0 Å². The molecular formula is C16H24N4O. The van der Waals surface area contributed by atoms with Crippen LogP contribution in [0.15, 0.2) is 12.1 Å². The first-order chi connectivity index (χ1) is 10.2. The van der Waals surface area contributed by atoms with E-state index in [2.05, 4.69) is 15.2 Å². The van der Waals surface area contributed by atoms with Gasteiger partial charge in [0.25, 0.3) is 5.91 Å². The summed E-state index contributed by atoms with van der Waals surface area (Å²) in [5, 5.41) is 3.03. The third kappa shape index (κ3) is 3.02. The average Bonchev–Trinajstić information content (AvgIpc) is 2.83. The summed E-state index contributed by atoms with van der Waals surface area (Å²) in [6.07, 6.45) is 3.57. The van der Waals surface area contributed by atoms with Gasteiger partial charge in [0.1, 0.15) is 5.82 Å². The van der Waals surface area contributed by atoms with Crippen molar-refractivity contribution in [1.29, 1.82) is 0 Å². The molecule has 1 N–H and O–H groups in total. The molecule has 0 saturated carbocycles. The fourth-order valence-corrected chi connectivity index (χ4v) is 3.49. The number of carbonyl (C=O) groups is 1. The minimum absolute atomic E-state index is 0.144. The highest BCUT2D eigenvalue weighted by atomic mass is 16.2. The Morgan fingerprint density at radius 3 is 2.90 bits per heavy atom. The van der Waals surface area contributed by atoms with Gasteiger partial charge in [-0.1, -0.05) is 0 Å². The molecule has 0 aromatic carbocycles. The minimum atomic E-state index is 0.144. The van der Waals surface area contributed by atoms with Crippen LogP contribution < -0.4 is 5.32 Å². The summed E-state index contributed by atoms with van der Waals surface area (Å²) in [5.41, 5.74) is 1.63. The van der Waals surface area contributed by atoms with Crippen molar-refractivity contribution in [1.82, 2.24) is 14.8 Å². The van der Waals surface area contributed by atoms with E-state index in [1.807, 2.05) is 31.0 Å². The van der Waals surface area contributed by atoms with Crippen LogP contribution in [-0.4, -0.2) is 60.0 Å². The molecule has 0 spiro atoms. The number of aromatic nitrogens is 1. The number of nitrogens with zero attached hydrogens (tertiary/aromatic N) is 3. The van der Waals surface area contributed by atoms with E-state index < -0.39 is 0 Å². The van der Waals surface area contributed by atoms with E-state index in [0.29, 0.717) is 6.04 Å². The van der Waals surface area contributed by atoms with Crippen molar-refractivity contribution in [3.63, 3.8) is 0 Å². The summed E-state index contributed by atoms with van der Waals surface area (Å²) in [6.45, 7) is 5.99. The molecule has 1 unspecified atom stereocenters. The number of aryl methyl sites for hydroxylation is 1. The summed E-state index contributed by atoms with van der Waals surface area (Å²) in [6, 6.07) is 4.30. The normalized spacial score (nSPS) is 22.8. The SMILES string of the molecule is CNc1cc(C(=O)N2CCCN3CCCC3C2)cc(C)n1. The molecular weight excluding hydrogens is 264 g/mol. The Balaban J connectivity index is 1.79. The van der Waals surface area contributed by atoms with Gasteiger partial charge in [-0.2, -0.15) is 0 Å². The lowest BCUT2D eigenvalue weighted by Gasteiger charge is -2.26. The molecule has 1 amide bonds. The number of hydrogen-bond acceptors (Lipinski definition) is 4. The molecule has 2 saturated heterocycles. The highest BCUT2D eigenvalue weighted by molar-refractivity contribution is 5.95. The van der Waals surface area contributed by atoms with Crippen molar-refractivity contribution < 1.29 is 4.79 Å². The monoisotopic (exact) mass is 288 g/mol. The summed E-state index contributed by atoms with van der Waals surface area (Å²) >= 11 is 0. The third-order valence-electron chi connectivity index (χ3n) is 4.55. The molecule has 1 aromatic rings. The summed E-state index contributed by atoms with van der Waals surface area (Å²) in [7, 11) is 1.83. The second-order valence-corrected chi connectivity index (χ2v) is 6.07. The number of anilines is 1. The first-order valence-electron chi connectivity index (χ1n) is 7.87. The standard InChI is InChI=1S/C16H24N4O/c1-12-9-13(10-15(17-2)18-12)16(21)20-8-4-7-19-6-3-5-14(19)11-20/h9-10,14H,3-8,11H2,1-2H3,(H,17,18). The molecule has 5 nitrogen and oxygen atoms in total. The van der Waals surface area contributed by atoms with Crippen molar-refractivity contribution in [2.24, 2.45) is 0 Å². The second kappa shape index (κ2) is 6.02. The zero-order valence-corrected chi connectivity index (χ0v) is 12.9. The Labute approximate surface area is 126 Å². The molecule has 0 radical (unpaired) electrons. The zero-order valence-electron chi connectivity index (χ0n) is 12.9. The van der Waals surface area contributed by atoms with Crippen molar-refractivity contribution in [3.05, 3.63) is 23.4 Å². The van der Waals surface area contributed by atoms with Crippen LogP contribution in [0.5, 0.6) is 0 Å². The van der Waals surface area contributed by atoms with E-state index >= 15 is 0 Å². The van der Waals surface area contributed by atoms with E-state index in [1.54, 1.807) is 0 Å². The quantitative estimate of drug-likeness (QED) is 0.900. The molecule has 1 aromatic heterocycles. The number of amides is 1. The summed E-state index contributed by atoms with van der Waals surface area (Å²) in [4.78, 5) is 21.8. The largest absolute Gasteiger partial charge is 0.373 e. The fraction of sp³-hybridized carbons (Fsp3) is 0.625. The molecule has 2 aliphatic rings. The molecule has 21 heavy (non-hydrogen) atoms. The summed E-state index contributed by atoms with van der Waals surface area (Å²) < 4.78 is 0. The number of rotatable bonds is 2. The lowest BCUT2D eigenvalue weighted by atomic mass is 10.1. The van der Waals surface area contributed by atoms with E-state index in [-0.39, 0.29) is 5.91 Å². The first-order valence-corrected chi connectivity index (χ1v) is 7.87. The van der Waals surface area contributed by atoms with Crippen LogP contribution in [0.3, 0.4) is 0 Å². The van der Waals surface area contributed by atoms with Gasteiger partial charge in [0.05, 0.1) is 0 Å². The molecule has 0 bridgehead atoms. The Bertz CT molecular complexity index is 531. The van der Waals surface area contributed by atoms with Crippen LogP contribution in [0.25, 0.3) is 0 Å². The van der Waals surface area contributed by atoms with E-state index in [0.717, 1.165) is 43.1 Å². The van der Waals surface area contributed by atoms with Gasteiger partial charge in [0.2, 0.25) is 0 Å². The number of nitrogens with one attached hydrogen (secondary N) is 1. The van der Waals surface area contributed by atoms with Gasteiger partial charge in [0.15, 0.2) is 0 Å². The highest BCUT2D eigenvalue weighted by Gasteiger charge is 2.30. The van der Waals surface area contributed by atoms with Crippen molar-refractivity contribution in [2.75, 3.05) is 38.5 Å².